The molecule has 6 rings (SSSR count). The van der Waals surface area contributed by atoms with Gasteiger partial charge in [0.1, 0.15) is 12.0 Å². The number of esters is 1. The number of ether oxygens (including phenoxy) is 1. The number of rotatable bonds is 5. The van der Waals surface area contributed by atoms with Crippen molar-refractivity contribution >= 4 is 22.7 Å². The summed E-state index contributed by atoms with van der Waals surface area (Å²) in [5, 5.41) is 5.95. The topological polar surface area (TPSA) is 63.5 Å². The van der Waals surface area contributed by atoms with Gasteiger partial charge in [-0.25, -0.2) is 23.2 Å². The lowest BCUT2D eigenvalue weighted by atomic mass is 9.82. The normalized spacial score (nSPS) is 21.8. The van der Waals surface area contributed by atoms with Crippen molar-refractivity contribution in [3.05, 3.63) is 47.5 Å². The smallest absolute Gasteiger partial charge is 0.356 e. The van der Waals surface area contributed by atoms with Gasteiger partial charge in [0.25, 0.3) is 0 Å². The van der Waals surface area contributed by atoms with Crippen LogP contribution in [0.5, 0.6) is 0 Å². The third kappa shape index (κ3) is 4.58. The Hall–Kier alpha value is -3.07. The molecule has 0 spiro atoms. The molecule has 7 nitrogen and oxygen atoms in total. The number of anilines is 1. The summed E-state index contributed by atoms with van der Waals surface area (Å²) in [6, 6.07) is 8.39. The monoisotopic (exact) mass is 509 g/mol. The minimum absolute atomic E-state index is 0.229. The molecule has 3 aliphatic rings. The van der Waals surface area contributed by atoms with E-state index in [0.29, 0.717) is 36.3 Å². The summed E-state index contributed by atoms with van der Waals surface area (Å²) < 4.78 is 34.5. The van der Waals surface area contributed by atoms with Crippen LogP contribution in [0, 0.1) is 5.82 Å². The first kappa shape index (κ1) is 24.3. The Bertz CT molecular complexity index is 1280. The molecule has 1 aliphatic carbocycles. The van der Waals surface area contributed by atoms with Gasteiger partial charge in [-0.05, 0) is 75.4 Å². The molecule has 2 aromatic heterocycles. The van der Waals surface area contributed by atoms with E-state index in [9.17, 15) is 13.6 Å². The van der Waals surface area contributed by atoms with Crippen LogP contribution in [0.25, 0.3) is 16.7 Å². The molecule has 37 heavy (non-hydrogen) atoms. The second kappa shape index (κ2) is 10.0. The maximum absolute atomic E-state index is 14.0. The van der Waals surface area contributed by atoms with Crippen LogP contribution in [0.4, 0.5) is 14.5 Å². The Balaban J connectivity index is 1.41. The number of methoxy groups -OCH3 is 1. The number of piperidine rings is 2. The fraction of sp³-hybridized carbons (Fsp3) is 0.536. The second-order valence-corrected chi connectivity index (χ2v) is 10.6. The Labute approximate surface area is 215 Å². The van der Waals surface area contributed by atoms with Crippen molar-refractivity contribution in [2.24, 2.45) is 0 Å². The third-order valence-corrected chi connectivity index (χ3v) is 8.32. The van der Waals surface area contributed by atoms with E-state index in [2.05, 4.69) is 9.80 Å². The third-order valence-electron chi connectivity index (χ3n) is 8.32. The van der Waals surface area contributed by atoms with Gasteiger partial charge >= 0.3 is 5.97 Å². The molecule has 1 saturated carbocycles. The number of hydrogen-bond acceptors (Lipinski definition) is 6. The van der Waals surface area contributed by atoms with Crippen molar-refractivity contribution in [3.63, 3.8) is 0 Å². The van der Waals surface area contributed by atoms with Crippen molar-refractivity contribution in [2.45, 2.75) is 63.1 Å². The second-order valence-electron chi connectivity index (χ2n) is 10.6. The molecule has 4 heterocycles. The molecule has 1 unspecified atom stereocenters. The van der Waals surface area contributed by atoms with Gasteiger partial charge in [-0.1, -0.05) is 6.42 Å². The average molecular weight is 510 g/mol. The predicted octanol–water partition coefficient (Wildman–Crippen LogP) is 5.02. The van der Waals surface area contributed by atoms with Crippen molar-refractivity contribution in [2.75, 3.05) is 38.2 Å². The fourth-order valence-electron chi connectivity index (χ4n) is 6.07. The minimum atomic E-state index is -0.725. The van der Waals surface area contributed by atoms with E-state index in [-0.39, 0.29) is 11.5 Å². The van der Waals surface area contributed by atoms with Crippen molar-refractivity contribution in [3.8, 4) is 5.69 Å². The highest BCUT2D eigenvalue weighted by atomic mass is 19.1. The maximum Gasteiger partial charge on any atom is 0.356 e. The number of likely N-dealkylation sites (tertiary alicyclic amines) is 1. The van der Waals surface area contributed by atoms with E-state index < -0.39 is 12.1 Å². The van der Waals surface area contributed by atoms with E-state index in [4.69, 9.17) is 14.8 Å². The van der Waals surface area contributed by atoms with Crippen molar-refractivity contribution in [1.82, 2.24) is 19.7 Å². The SMILES string of the molecule is COC(=O)c1cc(N2CCC(N3CCCC(F)C3)CC2)c2c(C3CCC3)nn(-c3ccc(F)cc3)c2n1. The average Bonchev–Trinajstić information content (AvgIpc) is 3.26. The highest BCUT2D eigenvalue weighted by molar-refractivity contribution is 5.99. The summed E-state index contributed by atoms with van der Waals surface area (Å²) in [4.78, 5) is 22.0. The van der Waals surface area contributed by atoms with Crippen LogP contribution in [0.2, 0.25) is 0 Å². The Morgan fingerprint density at radius 2 is 1.78 bits per heavy atom. The molecule has 3 fully saturated rings. The highest BCUT2D eigenvalue weighted by Gasteiger charge is 2.33. The maximum atomic E-state index is 14.0. The zero-order chi connectivity index (χ0) is 25.5. The number of benzene rings is 1. The van der Waals surface area contributed by atoms with Crippen LogP contribution in [-0.2, 0) is 4.74 Å². The Morgan fingerprint density at radius 1 is 1.03 bits per heavy atom. The van der Waals surface area contributed by atoms with Crippen LogP contribution in [0.1, 0.15) is 67.0 Å². The number of halogens is 2. The number of alkyl halides is 1. The summed E-state index contributed by atoms with van der Waals surface area (Å²) in [5.74, 6) is -0.488. The summed E-state index contributed by atoms with van der Waals surface area (Å²) in [7, 11) is 1.35. The number of carbonyl (C=O) groups excluding carboxylic acids is 1. The lowest BCUT2D eigenvalue weighted by Crippen LogP contribution is -2.49. The largest absolute Gasteiger partial charge is 0.464 e. The van der Waals surface area contributed by atoms with E-state index >= 15 is 0 Å². The van der Waals surface area contributed by atoms with Gasteiger partial charge in [0, 0.05) is 31.6 Å². The number of aromatic nitrogens is 3. The van der Waals surface area contributed by atoms with Gasteiger partial charge in [0.15, 0.2) is 11.3 Å². The number of hydrogen-bond donors (Lipinski definition) is 0. The Kier molecular flexibility index (Phi) is 6.56. The van der Waals surface area contributed by atoms with E-state index in [1.807, 2.05) is 6.07 Å². The zero-order valence-electron chi connectivity index (χ0n) is 21.2. The van der Waals surface area contributed by atoms with Crippen LogP contribution < -0.4 is 4.90 Å². The van der Waals surface area contributed by atoms with E-state index in [1.165, 1.54) is 19.2 Å². The molecule has 196 valence electrons. The fourth-order valence-corrected chi connectivity index (χ4v) is 6.07. The summed E-state index contributed by atoms with van der Waals surface area (Å²) in [5.41, 5.74) is 3.45. The van der Waals surface area contributed by atoms with E-state index in [1.54, 1.807) is 16.8 Å². The van der Waals surface area contributed by atoms with Gasteiger partial charge in [0.2, 0.25) is 0 Å². The van der Waals surface area contributed by atoms with Gasteiger partial charge in [-0.2, -0.15) is 5.10 Å². The van der Waals surface area contributed by atoms with Crippen molar-refractivity contribution < 1.29 is 18.3 Å². The molecule has 0 N–H and O–H groups in total. The zero-order valence-corrected chi connectivity index (χ0v) is 21.2. The van der Waals surface area contributed by atoms with Crippen LogP contribution in [0.3, 0.4) is 0 Å². The quantitative estimate of drug-likeness (QED) is 0.451. The molecule has 9 heteroatoms. The molecule has 3 aromatic rings. The predicted molar refractivity (Wildman–Crippen MR) is 138 cm³/mol. The standard InChI is InChI=1S/C28H33F2N5O2/c1-37-28(36)23-16-24(33-14-11-21(12-15-33)34-13-3-6-20(30)17-34)25-26(18-4-2-5-18)32-35(27(25)31-23)22-9-7-19(29)8-10-22/h7-10,16,18,20-21H,2-6,11-15,17H2,1H3. The van der Waals surface area contributed by atoms with Crippen LogP contribution in [0.15, 0.2) is 30.3 Å². The van der Waals surface area contributed by atoms with Crippen LogP contribution in [-0.4, -0.2) is 71.1 Å². The molecule has 2 aliphatic heterocycles. The van der Waals surface area contributed by atoms with E-state index in [0.717, 1.165) is 74.9 Å². The van der Waals surface area contributed by atoms with Gasteiger partial charge in [0.05, 0.1) is 29.6 Å². The van der Waals surface area contributed by atoms with Gasteiger partial charge in [-0.3, -0.25) is 4.90 Å². The first-order valence-corrected chi connectivity index (χ1v) is 13.4. The molecule has 0 radical (unpaired) electrons. The van der Waals surface area contributed by atoms with Crippen molar-refractivity contribution in [1.29, 1.82) is 0 Å². The molecule has 2 saturated heterocycles. The highest BCUT2D eigenvalue weighted by Crippen LogP contribution is 2.43. The lowest BCUT2D eigenvalue weighted by molar-refractivity contribution is 0.0594. The van der Waals surface area contributed by atoms with Crippen LogP contribution >= 0.6 is 0 Å². The molecule has 1 aromatic carbocycles. The molecular weight excluding hydrogens is 476 g/mol. The molecular formula is C28H33F2N5O2. The Morgan fingerprint density at radius 3 is 2.43 bits per heavy atom. The first-order valence-electron chi connectivity index (χ1n) is 13.4. The minimum Gasteiger partial charge on any atom is -0.464 e. The first-order chi connectivity index (χ1) is 18.0. The lowest BCUT2D eigenvalue weighted by Gasteiger charge is -2.41. The molecule has 1 atom stereocenters. The number of nitrogens with zero attached hydrogens (tertiary/aromatic N) is 5. The van der Waals surface area contributed by atoms with Gasteiger partial charge < -0.3 is 9.64 Å². The molecule has 0 amide bonds. The molecule has 0 bridgehead atoms. The number of pyridine rings is 1. The van der Waals surface area contributed by atoms with Gasteiger partial charge in [-0.15, -0.1) is 0 Å². The summed E-state index contributed by atoms with van der Waals surface area (Å²) in [6.45, 7) is 3.12. The summed E-state index contributed by atoms with van der Waals surface area (Å²) >= 11 is 0. The summed E-state index contributed by atoms with van der Waals surface area (Å²) in [6.07, 6.45) is 6.03. The number of carbonyl (C=O) groups is 1. The number of fused-ring (bicyclic) bond motifs is 1.